The summed E-state index contributed by atoms with van der Waals surface area (Å²) < 4.78 is 11.3. The Labute approximate surface area is 108 Å². The van der Waals surface area contributed by atoms with Gasteiger partial charge in [0.15, 0.2) is 0 Å². The summed E-state index contributed by atoms with van der Waals surface area (Å²) in [7, 11) is 0. The molecule has 0 spiro atoms. The van der Waals surface area contributed by atoms with E-state index in [2.05, 4.69) is 5.16 Å². The second-order valence-corrected chi connectivity index (χ2v) is 4.80. The van der Waals surface area contributed by atoms with Crippen molar-refractivity contribution in [1.29, 1.82) is 0 Å². The molecular formula is C13H10N2O4. The van der Waals surface area contributed by atoms with E-state index in [0.717, 1.165) is 30.6 Å². The summed E-state index contributed by atoms with van der Waals surface area (Å²) in [5, 5.41) is 14.9. The van der Waals surface area contributed by atoms with Gasteiger partial charge >= 0.3 is 0 Å². The number of aromatic nitrogens is 1. The summed E-state index contributed by atoms with van der Waals surface area (Å²) in [6.45, 7) is 0. The Morgan fingerprint density at radius 2 is 2.32 bits per heavy atom. The third kappa shape index (κ3) is 1.39. The Balaban J connectivity index is 1.95. The lowest BCUT2D eigenvalue weighted by molar-refractivity contribution is -0.384. The van der Waals surface area contributed by atoms with Gasteiger partial charge in [-0.1, -0.05) is 5.16 Å². The van der Waals surface area contributed by atoms with Crippen LogP contribution in [0.4, 0.5) is 5.69 Å². The quantitative estimate of drug-likeness (QED) is 0.580. The predicted octanol–water partition coefficient (Wildman–Crippen LogP) is 3.02. The smallest absolute Gasteiger partial charge is 0.270 e. The maximum atomic E-state index is 10.9. The number of non-ortho nitro benzene ring substituents is 1. The fraction of sp³-hybridized carbons (Fsp3) is 0.308. The van der Waals surface area contributed by atoms with Crippen molar-refractivity contribution in [3.8, 4) is 17.0 Å². The van der Waals surface area contributed by atoms with Crippen molar-refractivity contribution in [2.24, 2.45) is 0 Å². The summed E-state index contributed by atoms with van der Waals surface area (Å²) in [6, 6.07) is 4.59. The molecule has 2 heterocycles. The van der Waals surface area contributed by atoms with Crippen molar-refractivity contribution in [3.63, 3.8) is 0 Å². The second kappa shape index (κ2) is 3.57. The number of ether oxygens (including phenoxy) is 1. The molecule has 1 atom stereocenters. The Hall–Kier alpha value is -2.37. The molecule has 1 aliphatic heterocycles. The number of hydrogen-bond acceptors (Lipinski definition) is 5. The van der Waals surface area contributed by atoms with Gasteiger partial charge in [-0.25, -0.2) is 0 Å². The fourth-order valence-corrected chi connectivity index (χ4v) is 2.82. The molecule has 1 aromatic carbocycles. The van der Waals surface area contributed by atoms with E-state index in [-0.39, 0.29) is 11.8 Å². The minimum absolute atomic E-state index is 0.0287. The van der Waals surface area contributed by atoms with E-state index in [4.69, 9.17) is 9.26 Å². The molecule has 19 heavy (non-hydrogen) atoms. The van der Waals surface area contributed by atoms with Crippen LogP contribution in [-0.4, -0.2) is 10.1 Å². The molecule has 0 saturated heterocycles. The standard InChI is InChI=1S/C13H10N2O4/c16-15(17)7-4-5-9-8(6-7)13-12-10(18-9)2-1-3-11(12)19-14-13/h4-6,10H,1-3H2. The van der Waals surface area contributed by atoms with Crippen LogP contribution < -0.4 is 4.74 Å². The van der Waals surface area contributed by atoms with Crippen LogP contribution in [0.25, 0.3) is 11.3 Å². The zero-order valence-electron chi connectivity index (χ0n) is 9.96. The predicted molar refractivity (Wildman–Crippen MR) is 64.9 cm³/mol. The van der Waals surface area contributed by atoms with Gasteiger partial charge in [-0.3, -0.25) is 10.1 Å². The highest BCUT2D eigenvalue weighted by molar-refractivity contribution is 5.75. The van der Waals surface area contributed by atoms with Gasteiger partial charge in [0.1, 0.15) is 23.3 Å². The van der Waals surface area contributed by atoms with E-state index in [0.29, 0.717) is 17.0 Å². The van der Waals surface area contributed by atoms with Crippen molar-refractivity contribution in [1.82, 2.24) is 5.16 Å². The van der Waals surface area contributed by atoms with Crippen LogP contribution in [0.3, 0.4) is 0 Å². The molecule has 96 valence electrons. The molecular weight excluding hydrogens is 248 g/mol. The molecule has 1 aliphatic carbocycles. The summed E-state index contributed by atoms with van der Waals surface area (Å²) >= 11 is 0. The minimum Gasteiger partial charge on any atom is -0.485 e. The van der Waals surface area contributed by atoms with Crippen molar-refractivity contribution >= 4 is 5.69 Å². The SMILES string of the molecule is O=[N+]([O-])c1ccc2c(c1)-c1noc3c1C(CCC3)O2. The molecule has 2 aliphatic rings. The summed E-state index contributed by atoms with van der Waals surface area (Å²) in [5.41, 5.74) is 2.36. The molecule has 0 N–H and O–H groups in total. The molecule has 0 amide bonds. The van der Waals surface area contributed by atoms with Gasteiger partial charge in [-0.2, -0.15) is 0 Å². The largest absolute Gasteiger partial charge is 0.485 e. The molecule has 1 unspecified atom stereocenters. The molecule has 1 aromatic heterocycles. The number of nitrogens with zero attached hydrogens (tertiary/aromatic N) is 2. The van der Waals surface area contributed by atoms with Crippen LogP contribution in [0.15, 0.2) is 22.7 Å². The monoisotopic (exact) mass is 258 g/mol. The number of benzene rings is 1. The van der Waals surface area contributed by atoms with E-state index in [1.807, 2.05) is 0 Å². The van der Waals surface area contributed by atoms with Crippen molar-refractivity contribution < 1.29 is 14.2 Å². The Bertz CT molecular complexity index is 692. The average molecular weight is 258 g/mol. The molecule has 0 bridgehead atoms. The first kappa shape index (κ1) is 10.5. The zero-order chi connectivity index (χ0) is 13.0. The van der Waals surface area contributed by atoms with Crippen molar-refractivity contribution in [2.45, 2.75) is 25.4 Å². The van der Waals surface area contributed by atoms with E-state index >= 15 is 0 Å². The minimum atomic E-state index is -0.418. The van der Waals surface area contributed by atoms with Crippen LogP contribution in [0, 0.1) is 10.1 Å². The third-order valence-electron chi connectivity index (χ3n) is 3.69. The normalized spacial score (nSPS) is 19.3. The summed E-state index contributed by atoms with van der Waals surface area (Å²) in [6.07, 6.45) is 2.76. The maximum Gasteiger partial charge on any atom is 0.270 e. The third-order valence-corrected chi connectivity index (χ3v) is 3.69. The molecule has 0 radical (unpaired) electrons. The summed E-state index contributed by atoms with van der Waals surface area (Å²) in [5.74, 6) is 1.49. The molecule has 0 saturated carbocycles. The molecule has 2 aromatic rings. The molecule has 0 fully saturated rings. The lowest BCUT2D eigenvalue weighted by Gasteiger charge is -2.28. The number of rotatable bonds is 1. The van der Waals surface area contributed by atoms with E-state index in [9.17, 15) is 10.1 Å². The number of aryl methyl sites for hydroxylation is 1. The van der Waals surface area contributed by atoms with Gasteiger partial charge < -0.3 is 9.26 Å². The molecule has 6 heteroatoms. The highest BCUT2D eigenvalue weighted by Crippen LogP contribution is 2.48. The lowest BCUT2D eigenvalue weighted by Crippen LogP contribution is -2.18. The van der Waals surface area contributed by atoms with Gasteiger partial charge in [0, 0.05) is 18.6 Å². The van der Waals surface area contributed by atoms with Crippen LogP contribution in [0.5, 0.6) is 5.75 Å². The van der Waals surface area contributed by atoms with Crippen LogP contribution >= 0.6 is 0 Å². The van der Waals surface area contributed by atoms with Gasteiger partial charge in [-0.15, -0.1) is 0 Å². The number of nitro groups is 1. The van der Waals surface area contributed by atoms with Gasteiger partial charge in [0.2, 0.25) is 0 Å². The Kier molecular flexibility index (Phi) is 1.98. The van der Waals surface area contributed by atoms with Crippen molar-refractivity contribution in [2.75, 3.05) is 0 Å². The fourth-order valence-electron chi connectivity index (χ4n) is 2.82. The van der Waals surface area contributed by atoms with Crippen LogP contribution in [0.2, 0.25) is 0 Å². The Morgan fingerprint density at radius 3 is 3.16 bits per heavy atom. The van der Waals surface area contributed by atoms with Crippen LogP contribution in [0.1, 0.15) is 30.3 Å². The number of hydrogen-bond donors (Lipinski definition) is 0. The van der Waals surface area contributed by atoms with Gasteiger partial charge in [0.25, 0.3) is 5.69 Å². The summed E-state index contributed by atoms with van der Waals surface area (Å²) in [4.78, 5) is 10.4. The van der Waals surface area contributed by atoms with Gasteiger partial charge in [0.05, 0.1) is 16.1 Å². The van der Waals surface area contributed by atoms with Crippen molar-refractivity contribution in [3.05, 3.63) is 39.6 Å². The second-order valence-electron chi connectivity index (χ2n) is 4.80. The topological polar surface area (TPSA) is 78.4 Å². The maximum absolute atomic E-state index is 10.9. The first-order valence-corrected chi connectivity index (χ1v) is 6.18. The highest BCUT2D eigenvalue weighted by Gasteiger charge is 2.36. The van der Waals surface area contributed by atoms with E-state index in [1.54, 1.807) is 6.07 Å². The first-order valence-electron chi connectivity index (χ1n) is 6.18. The molecule has 6 nitrogen and oxygen atoms in total. The van der Waals surface area contributed by atoms with E-state index < -0.39 is 4.92 Å². The zero-order valence-corrected chi connectivity index (χ0v) is 9.96. The first-order chi connectivity index (χ1) is 9.24. The van der Waals surface area contributed by atoms with Gasteiger partial charge in [-0.05, 0) is 18.9 Å². The Morgan fingerprint density at radius 1 is 1.42 bits per heavy atom. The highest BCUT2D eigenvalue weighted by atomic mass is 16.6. The number of fused-ring (bicyclic) bond motifs is 2. The average Bonchev–Trinajstić information content (AvgIpc) is 2.85. The molecule has 4 rings (SSSR count). The van der Waals surface area contributed by atoms with Crippen LogP contribution in [-0.2, 0) is 6.42 Å². The van der Waals surface area contributed by atoms with E-state index in [1.165, 1.54) is 12.1 Å². The lowest BCUT2D eigenvalue weighted by atomic mass is 9.89. The number of nitro benzene ring substituents is 1.